The highest BCUT2D eigenvalue weighted by atomic mass is 32.2. The molecule has 3 aromatic rings. The molecule has 1 saturated heterocycles. The van der Waals surface area contributed by atoms with Crippen molar-refractivity contribution in [1.29, 1.82) is 0 Å². The number of nitrogens with zero attached hydrogens (tertiary/aromatic N) is 2. The summed E-state index contributed by atoms with van der Waals surface area (Å²) in [6.07, 6.45) is 6.43. The van der Waals surface area contributed by atoms with Crippen molar-refractivity contribution in [3.63, 3.8) is 0 Å². The average Bonchev–Trinajstić information content (AvgIpc) is 3.18. The Balaban J connectivity index is 1.51. The fourth-order valence-corrected chi connectivity index (χ4v) is 6.61. The van der Waals surface area contributed by atoms with Gasteiger partial charge in [0.25, 0.3) is 5.91 Å². The summed E-state index contributed by atoms with van der Waals surface area (Å²) in [5, 5.41) is 1.68. The molecular formula is C28H27FN2O4S. The number of hydrogen-bond donors (Lipinski definition) is 0. The van der Waals surface area contributed by atoms with Gasteiger partial charge in [0.05, 0.1) is 17.0 Å². The number of allylic oxidation sites excluding steroid dienone is 1. The molecule has 2 amide bonds. The molecule has 0 bridgehead atoms. The first-order valence-electron chi connectivity index (χ1n) is 12.2. The number of hydrogen-bond acceptors (Lipinski definition) is 4. The lowest BCUT2D eigenvalue weighted by Gasteiger charge is -2.28. The predicted octanol–water partition coefficient (Wildman–Crippen LogP) is 5.19. The second-order valence-electron chi connectivity index (χ2n) is 9.25. The van der Waals surface area contributed by atoms with Crippen molar-refractivity contribution < 1.29 is 22.4 Å². The first-order valence-corrected chi connectivity index (χ1v) is 13.6. The Kier molecular flexibility index (Phi) is 6.73. The van der Waals surface area contributed by atoms with E-state index < -0.39 is 33.7 Å². The van der Waals surface area contributed by atoms with Crippen LogP contribution in [0.5, 0.6) is 0 Å². The second kappa shape index (κ2) is 9.95. The van der Waals surface area contributed by atoms with E-state index in [0.29, 0.717) is 6.42 Å². The van der Waals surface area contributed by atoms with Crippen LogP contribution in [0.15, 0.2) is 83.3 Å². The molecule has 8 heteroatoms. The number of rotatable bonds is 7. The summed E-state index contributed by atoms with van der Waals surface area (Å²) in [7, 11) is -4.10. The minimum Gasteiger partial charge on any atom is -0.274 e. The molecule has 1 heterocycles. The van der Waals surface area contributed by atoms with Crippen LogP contribution in [0.25, 0.3) is 10.8 Å². The van der Waals surface area contributed by atoms with E-state index in [1.165, 1.54) is 34.1 Å². The van der Waals surface area contributed by atoms with Crippen LogP contribution in [0.1, 0.15) is 38.5 Å². The molecule has 2 aliphatic rings. The van der Waals surface area contributed by atoms with E-state index in [4.69, 9.17) is 0 Å². The van der Waals surface area contributed by atoms with Gasteiger partial charge in [0.2, 0.25) is 15.9 Å². The number of imide groups is 1. The van der Waals surface area contributed by atoms with E-state index in [0.717, 1.165) is 41.4 Å². The van der Waals surface area contributed by atoms with Crippen LogP contribution < -0.4 is 4.90 Å². The van der Waals surface area contributed by atoms with Crippen LogP contribution in [0.4, 0.5) is 10.1 Å². The monoisotopic (exact) mass is 506 g/mol. The Labute approximate surface area is 210 Å². The van der Waals surface area contributed by atoms with Gasteiger partial charge in [0, 0.05) is 6.54 Å². The van der Waals surface area contributed by atoms with Crippen LogP contribution in [0, 0.1) is 5.82 Å². The van der Waals surface area contributed by atoms with E-state index in [1.54, 1.807) is 18.2 Å². The summed E-state index contributed by atoms with van der Waals surface area (Å²) < 4.78 is 42.5. The van der Waals surface area contributed by atoms with Crippen molar-refractivity contribution >= 4 is 38.3 Å². The summed E-state index contributed by atoms with van der Waals surface area (Å²) in [5.41, 5.74) is 1.40. The minimum atomic E-state index is -4.10. The second-order valence-corrected chi connectivity index (χ2v) is 11.1. The van der Waals surface area contributed by atoms with Crippen molar-refractivity contribution in [3.05, 3.63) is 84.2 Å². The van der Waals surface area contributed by atoms with Gasteiger partial charge in [-0.1, -0.05) is 42.0 Å². The molecule has 186 valence electrons. The zero-order chi connectivity index (χ0) is 25.3. The summed E-state index contributed by atoms with van der Waals surface area (Å²) in [6.45, 7) is 0.0991. The average molecular weight is 507 g/mol. The standard InChI is InChI=1S/C28H27FN2O4S/c29-23-11-13-24(14-12-23)31-27(32)19-26(28(31)33)30(17-16-20-6-2-1-3-7-20)36(34,35)25-15-10-21-8-4-5-9-22(21)18-25/h4-6,8-15,18,26H,1-3,7,16-17,19H2. The smallest absolute Gasteiger partial charge is 0.252 e. The molecule has 0 radical (unpaired) electrons. The zero-order valence-corrected chi connectivity index (χ0v) is 20.6. The predicted molar refractivity (Wildman–Crippen MR) is 136 cm³/mol. The third-order valence-electron chi connectivity index (χ3n) is 6.92. The van der Waals surface area contributed by atoms with Gasteiger partial charge >= 0.3 is 0 Å². The summed E-state index contributed by atoms with van der Waals surface area (Å²) in [6, 6.07) is 16.2. The van der Waals surface area contributed by atoms with Gasteiger partial charge < -0.3 is 0 Å². The highest BCUT2D eigenvalue weighted by molar-refractivity contribution is 7.89. The van der Waals surface area contributed by atoms with Gasteiger partial charge in [-0.15, -0.1) is 0 Å². The Morgan fingerprint density at radius 1 is 0.944 bits per heavy atom. The SMILES string of the molecule is O=C1CC(N(CCC2=CCCCC2)S(=O)(=O)c2ccc3ccccc3c2)C(=O)N1c1ccc(F)cc1. The van der Waals surface area contributed by atoms with Gasteiger partial charge in [-0.25, -0.2) is 17.7 Å². The Bertz CT molecular complexity index is 1450. The fraction of sp³-hybridized carbons (Fsp3) is 0.286. The molecule has 0 saturated carbocycles. The molecule has 36 heavy (non-hydrogen) atoms. The molecule has 1 aliphatic carbocycles. The van der Waals surface area contributed by atoms with Crippen molar-refractivity contribution in [2.24, 2.45) is 0 Å². The van der Waals surface area contributed by atoms with Gasteiger partial charge in [-0.3, -0.25) is 9.59 Å². The number of halogens is 1. The highest BCUT2D eigenvalue weighted by Crippen LogP contribution is 2.32. The third kappa shape index (κ3) is 4.70. The van der Waals surface area contributed by atoms with Crippen LogP contribution in [-0.2, 0) is 19.6 Å². The summed E-state index contributed by atoms with van der Waals surface area (Å²) >= 11 is 0. The van der Waals surface area contributed by atoms with E-state index in [1.807, 2.05) is 24.3 Å². The van der Waals surface area contributed by atoms with E-state index in [9.17, 15) is 22.4 Å². The molecule has 1 atom stereocenters. The van der Waals surface area contributed by atoms with Gasteiger partial charge in [-0.05, 0) is 79.3 Å². The molecule has 0 aromatic heterocycles. The Morgan fingerprint density at radius 2 is 1.69 bits per heavy atom. The lowest BCUT2D eigenvalue weighted by Crippen LogP contribution is -2.46. The quantitative estimate of drug-likeness (QED) is 0.326. The maximum Gasteiger partial charge on any atom is 0.252 e. The molecule has 0 N–H and O–H groups in total. The molecule has 6 nitrogen and oxygen atoms in total. The maximum absolute atomic E-state index is 14.0. The van der Waals surface area contributed by atoms with Crippen LogP contribution in [0.3, 0.4) is 0 Å². The van der Waals surface area contributed by atoms with Crippen molar-refractivity contribution in [2.75, 3.05) is 11.4 Å². The maximum atomic E-state index is 14.0. The number of carbonyl (C=O) groups excluding carboxylic acids is 2. The molecule has 3 aromatic carbocycles. The van der Waals surface area contributed by atoms with E-state index in [-0.39, 0.29) is 23.5 Å². The van der Waals surface area contributed by atoms with Crippen LogP contribution >= 0.6 is 0 Å². The number of sulfonamides is 1. The lowest BCUT2D eigenvalue weighted by molar-refractivity contribution is -0.122. The number of carbonyl (C=O) groups is 2. The first kappa shape index (κ1) is 24.3. The molecule has 1 unspecified atom stereocenters. The number of benzene rings is 3. The van der Waals surface area contributed by atoms with E-state index in [2.05, 4.69) is 6.08 Å². The topological polar surface area (TPSA) is 74.8 Å². The number of amides is 2. The largest absolute Gasteiger partial charge is 0.274 e. The van der Waals surface area contributed by atoms with Crippen molar-refractivity contribution in [2.45, 2.75) is 49.5 Å². The highest BCUT2D eigenvalue weighted by Gasteiger charge is 2.46. The third-order valence-corrected chi connectivity index (χ3v) is 8.83. The summed E-state index contributed by atoms with van der Waals surface area (Å²) in [4.78, 5) is 27.4. The fourth-order valence-electron chi connectivity index (χ4n) is 4.99. The zero-order valence-electron chi connectivity index (χ0n) is 19.8. The van der Waals surface area contributed by atoms with Crippen molar-refractivity contribution in [3.8, 4) is 0 Å². The van der Waals surface area contributed by atoms with Crippen molar-refractivity contribution in [1.82, 2.24) is 4.31 Å². The molecule has 5 rings (SSSR count). The Morgan fingerprint density at radius 3 is 2.42 bits per heavy atom. The first-order chi connectivity index (χ1) is 17.3. The van der Waals surface area contributed by atoms with Gasteiger partial charge in [0.15, 0.2) is 0 Å². The molecule has 1 fully saturated rings. The van der Waals surface area contributed by atoms with E-state index >= 15 is 0 Å². The lowest BCUT2D eigenvalue weighted by atomic mass is 9.97. The van der Waals surface area contributed by atoms with Gasteiger partial charge in [-0.2, -0.15) is 4.31 Å². The minimum absolute atomic E-state index is 0.0827. The van der Waals surface area contributed by atoms with Gasteiger partial charge in [0.1, 0.15) is 11.9 Å². The molecule has 1 aliphatic heterocycles. The molecule has 0 spiro atoms. The Hall–Kier alpha value is -3.36. The van der Waals surface area contributed by atoms with Crippen LogP contribution in [-0.4, -0.2) is 37.1 Å². The molecular weight excluding hydrogens is 479 g/mol. The normalized spacial score (nSPS) is 18.8. The van der Waals surface area contributed by atoms with Crippen LogP contribution in [0.2, 0.25) is 0 Å². The number of anilines is 1. The summed E-state index contributed by atoms with van der Waals surface area (Å²) in [5.74, 6) is -1.61. The number of fused-ring (bicyclic) bond motifs is 1.